The van der Waals surface area contributed by atoms with E-state index in [1.165, 1.54) is 35.0 Å². The van der Waals surface area contributed by atoms with E-state index in [2.05, 4.69) is 41.5 Å². The topological polar surface area (TPSA) is 27.8 Å². The van der Waals surface area contributed by atoms with Crippen LogP contribution in [0.2, 0.25) is 0 Å². The van der Waals surface area contributed by atoms with Gasteiger partial charge in [-0.05, 0) is 37.9 Å². The number of benzene rings is 1. The van der Waals surface area contributed by atoms with Crippen molar-refractivity contribution in [1.82, 2.24) is 10.3 Å². The maximum Gasteiger partial charge on any atom is 0.0459 e. The minimum Gasteiger partial charge on any atom is -0.358 e. The third kappa shape index (κ3) is 1.37. The van der Waals surface area contributed by atoms with Crippen molar-refractivity contribution in [3.05, 3.63) is 35.5 Å². The molecule has 1 fully saturated rings. The third-order valence-corrected chi connectivity index (χ3v) is 3.35. The lowest BCUT2D eigenvalue weighted by molar-refractivity contribution is 0.648. The van der Waals surface area contributed by atoms with Gasteiger partial charge in [-0.1, -0.05) is 18.2 Å². The van der Waals surface area contributed by atoms with Gasteiger partial charge < -0.3 is 10.3 Å². The van der Waals surface area contributed by atoms with Crippen molar-refractivity contribution in [2.24, 2.45) is 0 Å². The molecule has 2 heteroatoms. The lowest BCUT2D eigenvalue weighted by Gasteiger charge is -2.10. The molecule has 2 aromatic rings. The summed E-state index contributed by atoms with van der Waals surface area (Å²) in [5, 5.41) is 4.96. The first-order chi connectivity index (χ1) is 7.36. The Balaban J connectivity index is 2.19. The van der Waals surface area contributed by atoms with Gasteiger partial charge in [-0.25, -0.2) is 0 Å². The zero-order valence-corrected chi connectivity index (χ0v) is 9.01. The number of H-pyrrole nitrogens is 1. The molecular weight excluding hydrogens is 184 g/mol. The van der Waals surface area contributed by atoms with E-state index in [0.29, 0.717) is 6.04 Å². The Labute approximate surface area is 89.7 Å². The average Bonchev–Trinajstić information content (AvgIpc) is 2.82. The summed E-state index contributed by atoms with van der Waals surface area (Å²) in [6, 6.07) is 9.13. The fourth-order valence-electron chi connectivity index (χ4n) is 2.68. The highest BCUT2D eigenvalue weighted by Gasteiger charge is 2.21. The summed E-state index contributed by atoms with van der Waals surface area (Å²) >= 11 is 0. The molecule has 2 nitrogen and oxygen atoms in total. The minimum atomic E-state index is 0.557. The quantitative estimate of drug-likeness (QED) is 0.727. The number of fused-ring (bicyclic) bond motifs is 1. The van der Waals surface area contributed by atoms with E-state index in [-0.39, 0.29) is 0 Å². The van der Waals surface area contributed by atoms with Gasteiger partial charge in [0.1, 0.15) is 0 Å². The summed E-state index contributed by atoms with van der Waals surface area (Å²) < 4.78 is 0. The fourth-order valence-corrected chi connectivity index (χ4v) is 2.68. The van der Waals surface area contributed by atoms with E-state index >= 15 is 0 Å². The highest BCUT2D eigenvalue weighted by atomic mass is 14.9. The van der Waals surface area contributed by atoms with Crippen LogP contribution in [0.5, 0.6) is 0 Å². The zero-order valence-electron chi connectivity index (χ0n) is 9.01. The van der Waals surface area contributed by atoms with Gasteiger partial charge in [0.25, 0.3) is 0 Å². The summed E-state index contributed by atoms with van der Waals surface area (Å²) in [6.07, 6.45) is 2.56. The number of aromatic amines is 1. The molecule has 1 atom stereocenters. The van der Waals surface area contributed by atoms with Gasteiger partial charge in [0.15, 0.2) is 0 Å². The van der Waals surface area contributed by atoms with E-state index < -0.39 is 0 Å². The van der Waals surface area contributed by atoms with Gasteiger partial charge in [0.2, 0.25) is 0 Å². The predicted molar refractivity (Wildman–Crippen MR) is 63.0 cm³/mol. The molecule has 78 valence electrons. The number of aromatic nitrogens is 1. The van der Waals surface area contributed by atoms with Crippen LogP contribution in [0.25, 0.3) is 10.9 Å². The van der Waals surface area contributed by atoms with E-state index in [1.807, 2.05) is 0 Å². The van der Waals surface area contributed by atoms with Gasteiger partial charge in [0, 0.05) is 22.6 Å². The Bertz CT molecular complexity index is 478. The minimum absolute atomic E-state index is 0.557. The molecule has 1 aliphatic heterocycles. The summed E-state index contributed by atoms with van der Waals surface area (Å²) in [6.45, 7) is 3.33. The molecule has 0 amide bonds. The molecule has 2 heterocycles. The Kier molecular flexibility index (Phi) is 2.03. The normalized spacial score (nSPS) is 21.3. The molecule has 1 saturated heterocycles. The van der Waals surface area contributed by atoms with Gasteiger partial charge >= 0.3 is 0 Å². The smallest absolute Gasteiger partial charge is 0.0459 e. The predicted octanol–water partition coefficient (Wildman–Crippen LogP) is 2.90. The van der Waals surface area contributed by atoms with Crippen molar-refractivity contribution >= 4 is 10.9 Å². The van der Waals surface area contributed by atoms with Crippen LogP contribution in [0, 0.1) is 6.92 Å². The second-order valence-corrected chi connectivity index (χ2v) is 4.36. The number of rotatable bonds is 1. The number of hydrogen-bond donors (Lipinski definition) is 2. The van der Waals surface area contributed by atoms with Crippen molar-refractivity contribution in [2.45, 2.75) is 25.8 Å². The molecule has 0 spiro atoms. The maximum atomic E-state index is 3.57. The number of aryl methyl sites for hydroxylation is 1. The van der Waals surface area contributed by atoms with Crippen LogP contribution in [-0.2, 0) is 0 Å². The van der Waals surface area contributed by atoms with Crippen molar-refractivity contribution in [3.63, 3.8) is 0 Å². The van der Waals surface area contributed by atoms with E-state index in [4.69, 9.17) is 0 Å². The lowest BCUT2D eigenvalue weighted by atomic mass is 10.0. The Morgan fingerprint density at radius 3 is 2.93 bits per heavy atom. The highest BCUT2D eigenvalue weighted by Crippen LogP contribution is 2.32. The van der Waals surface area contributed by atoms with Crippen LogP contribution in [0.4, 0.5) is 0 Å². The van der Waals surface area contributed by atoms with Crippen LogP contribution in [0.15, 0.2) is 24.3 Å². The molecule has 15 heavy (non-hydrogen) atoms. The maximum absolute atomic E-state index is 3.57. The molecule has 3 rings (SSSR count). The molecule has 0 bridgehead atoms. The number of para-hydroxylation sites is 1. The molecule has 0 saturated carbocycles. The molecule has 2 N–H and O–H groups in total. The average molecular weight is 200 g/mol. The monoisotopic (exact) mass is 200 g/mol. The standard InChI is InChI=1S/C13H16N2/c1-9-13(12-7-4-8-14-12)10-5-2-3-6-11(10)15-9/h2-3,5-6,12,14-15H,4,7-8H2,1H3/t12-/m1/s1. The molecule has 0 unspecified atom stereocenters. The van der Waals surface area contributed by atoms with Crippen LogP contribution in [0.1, 0.15) is 30.1 Å². The van der Waals surface area contributed by atoms with E-state index in [0.717, 1.165) is 6.54 Å². The summed E-state index contributed by atoms with van der Waals surface area (Å²) in [5.41, 5.74) is 4.05. The lowest BCUT2D eigenvalue weighted by Crippen LogP contribution is -2.13. The Morgan fingerprint density at radius 1 is 1.27 bits per heavy atom. The summed E-state index contributed by atoms with van der Waals surface area (Å²) in [4.78, 5) is 3.46. The van der Waals surface area contributed by atoms with Crippen LogP contribution in [-0.4, -0.2) is 11.5 Å². The molecule has 0 aliphatic carbocycles. The first kappa shape index (κ1) is 8.98. The zero-order chi connectivity index (χ0) is 10.3. The summed E-state index contributed by atoms with van der Waals surface area (Å²) in [5.74, 6) is 0. The molecular formula is C13H16N2. The van der Waals surface area contributed by atoms with Crippen molar-refractivity contribution < 1.29 is 0 Å². The van der Waals surface area contributed by atoms with Gasteiger partial charge in [-0.2, -0.15) is 0 Å². The van der Waals surface area contributed by atoms with Gasteiger partial charge in [-0.3, -0.25) is 0 Å². The Hall–Kier alpha value is -1.28. The van der Waals surface area contributed by atoms with Gasteiger partial charge in [0.05, 0.1) is 0 Å². The van der Waals surface area contributed by atoms with Crippen LogP contribution in [0.3, 0.4) is 0 Å². The Morgan fingerprint density at radius 2 is 2.13 bits per heavy atom. The molecule has 1 aromatic heterocycles. The fraction of sp³-hybridized carbons (Fsp3) is 0.385. The van der Waals surface area contributed by atoms with Crippen molar-refractivity contribution in [3.8, 4) is 0 Å². The largest absolute Gasteiger partial charge is 0.358 e. The number of nitrogens with one attached hydrogen (secondary N) is 2. The number of hydrogen-bond acceptors (Lipinski definition) is 1. The summed E-state index contributed by atoms with van der Waals surface area (Å²) in [7, 11) is 0. The molecule has 0 radical (unpaired) electrons. The van der Waals surface area contributed by atoms with E-state index in [1.54, 1.807) is 0 Å². The SMILES string of the molecule is Cc1[nH]c2ccccc2c1[C@H]1CCCN1. The van der Waals surface area contributed by atoms with Crippen LogP contribution < -0.4 is 5.32 Å². The second kappa shape index (κ2) is 3.38. The van der Waals surface area contributed by atoms with Gasteiger partial charge in [-0.15, -0.1) is 0 Å². The second-order valence-electron chi connectivity index (χ2n) is 4.36. The highest BCUT2D eigenvalue weighted by molar-refractivity contribution is 5.85. The molecule has 1 aromatic carbocycles. The van der Waals surface area contributed by atoms with Crippen molar-refractivity contribution in [2.75, 3.05) is 6.54 Å². The third-order valence-electron chi connectivity index (χ3n) is 3.35. The van der Waals surface area contributed by atoms with E-state index in [9.17, 15) is 0 Å². The first-order valence-corrected chi connectivity index (χ1v) is 5.67. The van der Waals surface area contributed by atoms with Crippen LogP contribution >= 0.6 is 0 Å². The van der Waals surface area contributed by atoms with Crippen molar-refractivity contribution in [1.29, 1.82) is 0 Å². The first-order valence-electron chi connectivity index (χ1n) is 5.67. The molecule has 1 aliphatic rings.